The quantitative estimate of drug-likeness (QED) is 0.108. The Kier molecular flexibility index (Phi) is 13.4. The van der Waals surface area contributed by atoms with E-state index in [0.29, 0.717) is 6.61 Å². The Bertz CT molecular complexity index is 1920. The maximum Gasteiger partial charge on any atom is 0.302 e. The molecule has 0 radical (unpaired) electrons. The summed E-state index contributed by atoms with van der Waals surface area (Å²) in [6.45, 7) is 9.77. The highest BCUT2D eigenvalue weighted by molar-refractivity contribution is 5.65. The van der Waals surface area contributed by atoms with E-state index in [0.717, 1.165) is 22.3 Å². The third-order valence-corrected chi connectivity index (χ3v) is 11.1. The summed E-state index contributed by atoms with van der Waals surface area (Å²) in [6, 6.07) is 39.6. The standard InChI is InChI=1S/C48H56O12/c1-31(49)50-30-36-37(51-26-32-18-10-6-11-19-32)38(52-27-33-20-12-7-13-21-33)45(54-29-35-24-16-9-17-25-35)46(55-36)56-40-43-41(57-47(2,3)59-43)39(42-44(40)60-48(4,5)58-42)53-28-34-22-14-8-15-23-34/h6-25,36-46H,26-30H2,1-5H3/t36-,37-,38+,39?,40?,41+,42+,43-,44+,45-,46-/m1/s1. The van der Waals surface area contributed by atoms with E-state index in [4.69, 9.17) is 52.1 Å². The second-order valence-electron chi connectivity index (χ2n) is 16.6. The number of ether oxygens (including phenoxy) is 11. The summed E-state index contributed by atoms with van der Waals surface area (Å²) < 4.78 is 73.5. The molecule has 4 aromatic carbocycles. The molecule has 0 aromatic heterocycles. The van der Waals surface area contributed by atoms with Crippen molar-refractivity contribution in [1.29, 1.82) is 0 Å². The molecule has 3 aliphatic heterocycles. The van der Waals surface area contributed by atoms with Crippen LogP contribution in [0.15, 0.2) is 121 Å². The van der Waals surface area contributed by atoms with E-state index in [9.17, 15) is 4.79 Å². The maximum atomic E-state index is 12.4. The molecule has 4 fully saturated rings. The van der Waals surface area contributed by atoms with Crippen LogP contribution >= 0.6 is 0 Å². The first-order chi connectivity index (χ1) is 29.0. The van der Waals surface area contributed by atoms with Crippen molar-refractivity contribution in [2.45, 2.75) is 140 Å². The van der Waals surface area contributed by atoms with Crippen LogP contribution in [0.4, 0.5) is 0 Å². The topological polar surface area (TPSA) is 119 Å². The first-order valence-electron chi connectivity index (χ1n) is 20.8. The van der Waals surface area contributed by atoms with Crippen molar-refractivity contribution in [1.82, 2.24) is 0 Å². The van der Waals surface area contributed by atoms with E-state index in [1.165, 1.54) is 6.92 Å². The number of fused-ring (bicyclic) bond motifs is 2. The number of carbonyl (C=O) groups excluding carboxylic acids is 1. The molecule has 12 nitrogen and oxygen atoms in total. The van der Waals surface area contributed by atoms with Gasteiger partial charge in [0.05, 0.1) is 26.4 Å². The van der Waals surface area contributed by atoms with Crippen molar-refractivity contribution in [3.05, 3.63) is 144 Å². The van der Waals surface area contributed by atoms with Crippen LogP contribution in [0, 0.1) is 0 Å². The molecule has 11 atom stereocenters. The van der Waals surface area contributed by atoms with Crippen molar-refractivity contribution in [3.63, 3.8) is 0 Å². The lowest BCUT2D eigenvalue weighted by atomic mass is 9.84. The van der Waals surface area contributed by atoms with Gasteiger partial charge in [-0.3, -0.25) is 4.79 Å². The summed E-state index contributed by atoms with van der Waals surface area (Å²) in [5, 5.41) is 0. The van der Waals surface area contributed by atoms with Crippen LogP contribution < -0.4 is 0 Å². The molecule has 1 saturated carbocycles. The molecular weight excluding hydrogens is 769 g/mol. The van der Waals surface area contributed by atoms with Crippen LogP contribution in [0.3, 0.4) is 0 Å². The molecule has 12 heteroatoms. The summed E-state index contributed by atoms with van der Waals surface area (Å²) in [4.78, 5) is 12.4. The zero-order chi connectivity index (χ0) is 41.7. The minimum atomic E-state index is -1.10. The van der Waals surface area contributed by atoms with Gasteiger partial charge in [-0.1, -0.05) is 121 Å². The largest absolute Gasteiger partial charge is 0.463 e. The molecule has 2 unspecified atom stereocenters. The van der Waals surface area contributed by atoms with Gasteiger partial charge in [-0.15, -0.1) is 0 Å². The summed E-state index contributed by atoms with van der Waals surface area (Å²) in [5.74, 6) is -2.42. The number of carbonyl (C=O) groups is 1. The van der Waals surface area contributed by atoms with Crippen LogP contribution in [0.2, 0.25) is 0 Å². The third kappa shape index (κ3) is 10.3. The fraction of sp³-hybridized carbons (Fsp3) is 0.479. The molecule has 60 heavy (non-hydrogen) atoms. The average molecular weight is 825 g/mol. The van der Waals surface area contributed by atoms with Crippen molar-refractivity contribution in [2.75, 3.05) is 6.61 Å². The lowest BCUT2D eigenvalue weighted by molar-refractivity contribution is -0.350. The maximum absolute atomic E-state index is 12.4. The zero-order valence-corrected chi connectivity index (χ0v) is 34.8. The molecule has 0 bridgehead atoms. The van der Waals surface area contributed by atoms with Crippen LogP contribution in [0.1, 0.15) is 56.9 Å². The van der Waals surface area contributed by atoms with Crippen LogP contribution in [0.5, 0.6) is 0 Å². The molecule has 0 spiro atoms. The summed E-state index contributed by atoms with van der Waals surface area (Å²) in [6.07, 6.45) is -8.19. The smallest absolute Gasteiger partial charge is 0.302 e. The fourth-order valence-corrected chi connectivity index (χ4v) is 8.48. The van der Waals surface area contributed by atoms with Gasteiger partial charge in [-0.25, -0.2) is 0 Å². The molecule has 0 amide bonds. The van der Waals surface area contributed by atoms with E-state index in [1.54, 1.807) is 0 Å². The van der Waals surface area contributed by atoms with Crippen molar-refractivity contribution < 1.29 is 56.9 Å². The van der Waals surface area contributed by atoms with Gasteiger partial charge in [0.25, 0.3) is 0 Å². The molecule has 0 N–H and O–H groups in total. The van der Waals surface area contributed by atoms with Crippen molar-refractivity contribution in [3.8, 4) is 0 Å². The Morgan fingerprint density at radius 2 is 0.833 bits per heavy atom. The average Bonchev–Trinajstić information content (AvgIpc) is 3.75. The van der Waals surface area contributed by atoms with Gasteiger partial charge in [-0.05, 0) is 49.9 Å². The van der Waals surface area contributed by atoms with Crippen LogP contribution in [-0.4, -0.2) is 91.5 Å². The first kappa shape index (κ1) is 42.6. The molecule has 4 aliphatic rings. The zero-order valence-electron chi connectivity index (χ0n) is 34.8. The van der Waals surface area contributed by atoms with E-state index in [-0.39, 0.29) is 26.4 Å². The highest BCUT2D eigenvalue weighted by atomic mass is 16.8. The number of benzene rings is 4. The van der Waals surface area contributed by atoms with Crippen LogP contribution in [-0.2, 0) is 83.3 Å². The molecule has 4 aromatic rings. The lowest BCUT2D eigenvalue weighted by Gasteiger charge is -2.49. The Balaban J connectivity index is 1.15. The number of esters is 1. The summed E-state index contributed by atoms with van der Waals surface area (Å²) >= 11 is 0. The van der Waals surface area contributed by atoms with E-state index in [1.807, 2.05) is 149 Å². The van der Waals surface area contributed by atoms with Crippen molar-refractivity contribution in [2.24, 2.45) is 0 Å². The third-order valence-electron chi connectivity index (χ3n) is 11.1. The van der Waals surface area contributed by atoms with Crippen molar-refractivity contribution >= 4 is 5.97 Å². The van der Waals surface area contributed by atoms with Gasteiger partial charge in [-0.2, -0.15) is 0 Å². The van der Waals surface area contributed by atoms with Gasteiger partial charge in [0.15, 0.2) is 17.9 Å². The number of hydrogen-bond acceptors (Lipinski definition) is 12. The minimum Gasteiger partial charge on any atom is -0.463 e. The highest BCUT2D eigenvalue weighted by Gasteiger charge is 2.65. The summed E-state index contributed by atoms with van der Waals surface area (Å²) in [5.41, 5.74) is 3.87. The number of hydrogen-bond donors (Lipinski definition) is 0. The Hall–Kier alpha value is -4.05. The SMILES string of the molecule is CC(=O)OC[C@H]1O[C@H](OC2[C@H]3OC(C)(C)O[C@H]3C(OCc3ccccc3)[C@@H]3OC(C)(C)O[C@@H]23)[C@H](OCc2ccccc2)[C@@H](OCc2ccccc2)[C@@H]1OCc1ccccc1. The van der Waals surface area contributed by atoms with E-state index in [2.05, 4.69) is 0 Å². The molecule has 3 saturated heterocycles. The second-order valence-corrected chi connectivity index (χ2v) is 16.6. The predicted octanol–water partition coefficient (Wildman–Crippen LogP) is 7.06. The molecule has 3 heterocycles. The molecular formula is C48H56O12. The van der Waals surface area contributed by atoms with Gasteiger partial charge in [0, 0.05) is 6.92 Å². The number of rotatable bonds is 16. The normalized spacial score (nSPS) is 31.6. The molecule has 320 valence electrons. The van der Waals surface area contributed by atoms with Gasteiger partial charge in [0.1, 0.15) is 67.6 Å². The first-order valence-corrected chi connectivity index (χ1v) is 20.8. The Labute approximate surface area is 352 Å². The van der Waals surface area contributed by atoms with Crippen LogP contribution in [0.25, 0.3) is 0 Å². The summed E-state index contributed by atoms with van der Waals surface area (Å²) in [7, 11) is 0. The monoisotopic (exact) mass is 824 g/mol. The Morgan fingerprint density at radius 1 is 0.483 bits per heavy atom. The van der Waals surface area contributed by atoms with E-state index < -0.39 is 84.9 Å². The Morgan fingerprint density at radius 3 is 1.23 bits per heavy atom. The van der Waals surface area contributed by atoms with E-state index >= 15 is 0 Å². The lowest BCUT2D eigenvalue weighted by Crippen LogP contribution is -2.67. The second kappa shape index (κ2) is 18.9. The highest BCUT2D eigenvalue weighted by Crippen LogP contribution is 2.47. The van der Waals surface area contributed by atoms with Gasteiger partial charge in [0.2, 0.25) is 0 Å². The predicted molar refractivity (Wildman–Crippen MR) is 218 cm³/mol. The van der Waals surface area contributed by atoms with Gasteiger partial charge >= 0.3 is 5.97 Å². The minimum absolute atomic E-state index is 0.122. The van der Waals surface area contributed by atoms with Gasteiger partial charge < -0.3 is 52.1 Å². The fourth-order valence-electron chi connectivity index (χ4n) is 8.48. The molecule has 1 aliphatic carbocycles. The molecule has 8 rings (SSSR count).